The highest BCUT2D eigenvalue weighted by Crippen LogP contribution is 2.32. The van der Waals surface area contributed by atoms with E-state index < -0.39 is 23.7 Å². The highest BCUT2D eigenvalue weighted by atomic mass is 32.1. The van der Waals surface area contributed by atoms with E-state index in [0.717, 1.165) is 12.1 Å². The van der Waals surface area contributed by atoms with Gasteiger partial charge in [0.25, 0.3) is 0 Å². The number of halogens is 3. The van der Waals surface area contributed by atoms with E-state index in [0.29, 0.717) is 13.2 Å². The quantitative estimate of drug-likeness (QED) is 0.837. The molecule has 3 rings (SSSR count). The molecule has 0 N–H and O–H groups in total. The van der Waals surface area contributed by atoms with Gasteiger partial charge in [-0.25, -0.2) is 13.2 Å². The van der Waals surface area contributed by atoms with E-state index in [1.54, 1.807) is 0 Å². The van der Waals surface area contributed by atoms with Crippen LogP contribution in [0.25, 0.3) is 11.1 Å². The smallest absolute Gasteiger partial charge is 0.184 e. The van der Waals surface area contributed by atoms with Crippen LogP contribution in [0.15, 0.2) is 36.4 Å². The van der Waals surface area contributed by atoms with E-state index in [1.807, 2.05) is 0 Å². The molecule has 0 aliphatic carbocycles. The van der Waals surface area contributed by atoms with E-state index in [-0.39, 0.29) is 21.9 Å². The Morgan fingerprint density at radius 1 is 0.909 bits per heavy atom. The molecule has 1 heterocycles. The van der Waals surface area contributed by atoms with Crippen molar-refractivity contribution in [2.24, 2.45) is 0 Å². The molecule has 0 aromatic heterocycles. The zero-order valence-corrected chi connectivity index (χ0v) is 12.3. The fourth-order valence-corrected chi connectivity index (χ4v) is 2.48. The van der Waals surface area contributed by atoms with Crippen LogP contribution in [0.5, 0.6) is 0 Å². The lowest BCUT2D eigenvalue weighted by Gasteiger charge is -2.27. The molecule has 0 radical (unpaired) electrons. The second-order valence-corrected chi connectivity index (χ2v) is 5.75. The molecule has 1 aliphatic heterocycles. The molecule has 22 heavy (non-hydrogen) atoms. The predicted molar refractivity (Wildman–Crippen MR) is 79.2 cm³/mol. The topological polar surface area (TPSA) is 18.5 Å². The maximum absolute atomic E-state index is 14.3. The first-order chi connectivity index (χ1) is 10.5. The lowest BCUT2D eigenvalue weighted by Crippen LogP contribution is -2.27. The third-order valence-electron chi connectivity index (χ3n) is 3.35. The first kappa shape index (κ1) is 15.4. The van der Waals surface area contributed by atoms with Crippen LogP contribution in [0.2, 0.25) is 0 Å². The number of benzene rings is 2. The summed E-state index contributed by atoms with van der Waals surface area (Å²) in [5, 5.41) is -0.0515. The number of ether oxygens (including phenoxy) is 2. The highest BCUT2D eigenvalue weighted by Gasteiger charge is 2.24. The van der Waals surface area contributed by atoms with Crippen LogP contribution in [0.1, 0.15) is 11.9 Å². The van der Waals surface area contributed by atoms with Crippen LogP contribution in [-0.2, 0) is 9.47 Å². The molecule has 0 amide bonds. The Labute approximate surface area is 131 Å². The molecule has 0 unspecified atom stereocenters. The largest absolute Gasteiger partial charge is 0.347 e. The molecule has 2 aromatic rings. The molecule has 2 aromatic carbocycles. The van der Waals surface area contributed by atoms with Gasteiger partial charge in [0, 0.05) is 10.8 Å². The molecule has 1 fully saturated rings. The first-order valence-electron chi connectivity index (χ1n) is 6.71. The summed E-state index contributed by atoms with van der Waals surface area (Å²) >= 11 is 4.20. The zero-order valence-electron chi connectivity index (χ0n) is 11.4. The minimum atomic E-state index is -0.810. The summed E-state index contributed by atoms with van der Waals surface area (Å²) in [6.45, 7) is 0.688. The number of thiol groups is 1. The Balaban J connectivity index is 1.93. The summed E-state index contributed by atoms with van der Waals surface area (Å²) in [6, 6.07) is 7.31. The number of hydrogen-bond acceptors (Lipinski definition) is 3. The molecule has 0 saturated carbocycles. The van der Waals surface area contributed by atoms with Crippen molar-refractivity contribution in [3.8, 4) is 11.1 Å². The van der Waals surface area contributed by atoms with Gasteiger partial charge in [-0.3, -0.25) is 0 Å². The summed E-state index contributed by atoms with van der Waals surface area (Å²) < 4.78 is 52.2. The van der Waals surface area contributed by atoms with Crippen LogP contribution < -0.4 is 0 Å². The van der Waals surface area contributed by atoms with Crippen molar-refractivity contribution in [1.82, 2.24) is 0 Å². The summed E-state index contributed by atoms with van der Waals surface area (Å²) in [5.74, 6) is -1.96. The average Bonchev–Trinajstić information content (AvgIpc) is 2.49. The van der Waals surface area contributed by atoms with Crippen LogP contribution in [0, 0.1) is 17.5 Å². The zero-order chi connectivity index (χ0) is 15.7. The van der Waals surface area contributed by atoms with Gasteiger partial charge in [-0.2, -0.15) is 12.6 Å². The number of rotatable bonds is 2. The lowest BCUT2D eigenvalue weighted by atomic mass is 10.0. The van der Waals surface area contributed by atoms with Gasteiger partial charge in [0.1, 0.15) is 17.5 Å². The summed E-state index contributed by atoms with van der Waals surface area (Å²) in [5.41, 5.74) is 0.330. The third kappa shape index (κ3) is 3.14. The van der Waals surface area contributed by atoms with Gasteiger partial charge < -0.3 is 9.47 Å². The molecule has 0 bridgehead atoms. The van der Waals surface area contributed by atoms with Crippen molar-refractivity contribution >= 4 is 12.6 Å². The Bertz CT molecular complexity index is 645. The van der Waals surface area contributed by atoms with Crippen LogP contribution in [0.3, 0.4) is 0 Å². The second-order valence-electron chi connectivity index (χ2n) is 5.02. The van der Waals surface area contributed by atoms with Crippen molar-refractivity contribution in [2.45, 2.75) is 11.5 Å². The van der Waals surface area contributed by atoms with Crippen LogP contribution in [0.4, 0.5) is 13.2 Å². The van der Waals surface area contributed by atoms with Gasteiger partial charge >= 0.3 is 0 Å². The van der Waals surface area contributed by atoms with Gasteiger partial charge in [0.05, 0.1) is 18.8 Å². The highest BCUT2D eigenvalue weighted by molar-refractivity contribution is 7.81. The van der Waals surface area contributed by atoms with Gasteiger partial charge in [0.15, 0.2) is 6.29 Å². The molecular weight excluding hydrogens is 313 g/mol. The first-order valence-corrected chi connectivity index (χ1v) is 7.22. The Morgan fingerprint density at radius 2 is 1.45 bits per heavy atom. The van der Waals surface area contributed by atoms with Crippen molar-refractivity contribution in [3.05, 3.63) is 59.4 Å². The molecule has 6 heteroatoms. The fourth-order valence-electron chi connectivity index (χ4n) is 2.31. The second kappa shape index (κ2) is 6.32. The normalized spacial score (nSPS) is 21.8. The van der Waals surface area contributed by atoms with E-state index >= 15 is 0 Å². The summed E-state index contributed by atoms with van der Waals surface area (Å²) in [4.78, 5) is 0. The summed E-state index contributed by atoms with van der Waals surface area (Å²) in [6.07, 6.45) is -0.810. The van der Waals surface area contributed by atoms with E-state index in [9.17, 15) is 13.2 Å². The fraction of sp³-hybridized carbons (Fsp3) is 0.250. The van der Waals surface area contributed by atoms with Crippen molar-refractivity contribution in [2.75, 3.05) is 13.2 Å². The maximum Gasteiger partial charge on any atom is 0.184 e. The van der Waals surface area contributed by atoms with Crippen molar-refractivity contribution in [1.29, 1.82) is 0 Å². The predicted octanol–water partition coefficient (Wildman–Crippen LogP) is 4.11. The minimum Gasteiger partial charge on any atom is -0.347 e. The van der Waals surface area contributed by atoms with Crippen molar-refractivity contribution in [3.63, 3.8) is 0 Å². The number of hydrogen-bond donors (Lipinski definition) is 1. The molecule has 1 aliphatic rings. The molecule has 2 nitrogen and oxygen atoms in total. The third-order valence-corrected chi connectivity index (χ3v) is 3.65. The van der Waals surface area contributed by atoms with Crippen LogP contribution in [-0.4, -0.2) is 18.5 Å². The molecule has 0 spiro atoms. The van der Waals surface area contributed by atoms with Gasteiger partial charge in [-0.05, 0) is 29.8 Å². The van der Waals surface area contributed by atoms with Crippen molar-refractivity contribution < 1.29 is 22.6 Å². The van der Waals surface area contributed by atoms with E-state index in [4.69, 9.17) is 9.47 Å². The monoisotopic (exact) mass is 326 g/mol. The van der Waals surface area contributed by atoms with Gasteiger partial charge in [-0.15, -0.1) is 0 Å². The standard InChI is InChI=1S/C16H13F3O2S/c17-11-3-1-9(2-4-11)15-13(18)5-10(6-14(15)19)16-20-7-12(22)8-21-16/h1-6,12,16,22H,7-8H2. The molecule has 116 valence electrons. The lowest BCUT2D eigenvalue weighted by molar-refractivity contribution is -0.179. The molecule has 0 atom stereocenters. The molecular formula is C16H13F3O2S. The maximum atomic E-state index is 14.3. The minimum absolute atomic E-state index is 0.0515. The van der Waals surface area contributed by atoms with Gasteiger partial charge in [0.2, 0.25) is 0 Å². The van der Waals surface area contributed by atoms with Crippen LogP contribution >= 0.6 is 12.6 Å². The SMILES string of the molecule is Fc1ccc(-c2c(F)cc(C3OCC(S)CO3)cc2F)cc1. The summed E-state index contributed by atoms with van der Waals surface area (Å²) in [7, 11) is 0. The van der Waals surface area contributed by atoms with Gasteiger partial charge in [-0.1, -0.05) is 12.1 Å². The molecule has 1 saturated heterocycles. The van der Waals surface area contributed by atoms with E-state index in [2.05, 4.69) is 12.6 Å². The average molecular weight is 326 g/mol. The Kier molecular flexibility index (Phi) is 4.42. The Morgan fingerprint density at radius 3 is 2.00 bits per heavy atom. The Hall–Kier alpha value is -1.50. The van der Waals surface area contributed by atoms with E-state index in [1.165, 1.54) is 24.3 Å².